The first-order chi connectivity index (χ1) is 9.13. The molecule has 0 unspecified atom stereocenters. The minimum Gasteiger partial charge on any atom is -0.399 e. The quantitative estimate of drug-likeness (QED) is 0.666. The molecule has 19 heavy (non-hydrogen) atoms. The molecule has 1 aromatic heterocycles. The van der Waals surface area contributed by atoms with Gasteiger partial charge in [0.1, 0.15) is 0 Å². The van der Waals surface area contributed by atoms with Crippen LogP contribution in [0.3, 0.4) is 0 Å². The number of rotatable bonds is 1. The molecule has 4 N–H and O–H groups in total. The van der Waals surface area contributed by atoms with Crippen molar-refractivity contribution < 1.29 is 0 Å². The molecule has 0 atom stereocenters. The third kappa shape index (κ3) is 2.18. The van der Waals surface area contributed by atoms with Gasteiger partial charge in [-0.25, -0.2) is 9.97 Å². The third-order valence-electron chi connectivity index (χ3n) is 2.90. The molecule has 0 aliphatic carbocycles. The fraction of sp³-hybridized carbons (Fsp3) is 0. The average molecular weight is 271 g/mol. The van der Waals surface area contributed by atoms with Gasteiger partial charge in [-0.1, -0.05) is 17.7 Å². The lowest BCUT2D eigenvalue weighted by Gasteiger charge is -2.07. The number of nitrogens with two attached hydrogens (primary N) is 2. The van der Waals surface area contributed by atoms with Gasteiger partial charge in [0.2, 0.25) is 5.95 Å². The number of nitrogen functional groups attached to an aromatic ring is 2. The number of aromatic nitrogens is 2. The molecule has 0 fully saturated rings. The molecule has 0 bridgehead atoms. The van der Waals surface area contributed by atoms with Crippen LogP contribution >= 0.6 is 11.6 Å². The molecule has 0 saturated heterocycles. The van der Waals surface area contributed by atoms with Gasteiger partial charge in [-0.3, -0.25) is 0 Å². The van der Waals surface area contributed by atoms with Crippen LogP contribution in [0.25, 0.3) is 22.0 Å². The molecular weight excluding hydrogens is 260 g/mol. The van der Waals surface area contributed by atoms with Crippen LogP contribution in [0.5, 0.6) is 0 Å². The van der Waals surface area contributed by atoms with E-state index in [1.807, 2.05) is 24.3 Å². The molecule has 4 nitrogen and oxygen atoms in total. The Morgan fingerprint density at radius 1 is 1.00 bits per heavy atom. The van der Waals surface area contributed by atoms with E-state index < -0.39 is 0 Å². The molecule has 3 rings (SSSR count). The van der Waals surface area contributed by atoms with Gasteiger partial charge in [-0.2, -0.15) is 0 Å². The van der Waals surface area contributed by atoms with E-state index in [0.29, 0.717) is 10.7 Å². The van der Waals surface area contributed by atoms with E-state index in [4.69, 9.17) is 23.1 Å². The molecule has 0 amide bonds. The Morgan fingerprint density at radius 2 is 1.84 bits per heavy atom. The normalized spacial score (nSPS) is 10.8. The Kier molecular flexibility index (Phi) is 2.72. The molecule has 3 aromatic rings. The zero-order chi connectivity index (χ0) is 13.4. The van der Waals surface area contributed by atoms with E-state index in [0.717, 1.165) is 22.0 Å². The van der Waals surface area contributed by atoms with Crippen molar-refractivity contribution in [3.05, 3.63) is 47.6 Å². The molecule has 94 valence electrons. The topological polar surface area (TPSA) is 77.8 Å². The molecule has 2 aromatic carbocycles. The summed E-state index contributed by atoms with van der Waals surface area (Å²) >= 11 is 6.20. The second-order valence-electron chi connectivity index (χ2n) is 4.24. The van der Waals surface area contributed by atoms with Crippen molar-refractivity contribution in [3.63, 3.8) is 0 Å². The van der Waals surface area contributed by atoms with Gasteiger partial charge in [-0.15, -0.1) is 0 Å². The van der Waals surface area contributed by atoms with Gasteiger partial charge in [0, 0.05) is 27.9 Å². The predicted molar refractivity (Wildman–Crippen MR) is 78.8 cm³/mol. The Hall–Kier alpha value is -2.33. The standard InChI is InChI=1S/C14H11ClN4/c15-12-3-2-10(16)6-11(12)8-1-4-13-9(5-8)7-18-14(17)19-13/h1-7H,16H2,(H2,17,18,19). The molecule has 0 saturated carbocycles. The van der Waals surface area contributed by atoms with E-state index in [-0.39, 0.29) is 5.95 Å². The van der Waals surface area contributed by atoms with Crippen molar-refractivity contribution in [3.8, 4) is 11.1 Å². The van der Waals surface area contributed by atoms with Gasteiger partial charge in [-0.05, 0) is 35.9 Å². The SMILES string of the molecule is Nc1ccc(Cl)c(-c2ccc3nc(N)ncc3c2)c1. The zero-order valence-electron chi connectivity index (χ0n) is 9.97. The molecule has 0 spiro atoms. The second-order valence-corrected chi connectivity index (χ2v) is 4.65. The van der Waals surface area contributed by atoms with Crippen molar-refractivity contribution in [2.24, 2.45) is 0 Å². The van der Waals surface area contributed by atoms with Crippen LogP contribution in [-0.4, -0.2) is 9.97 Å². The van der Waals surface area contributed by atoms with Crippen molar-refractivity contribution >= 4 is 34.1 Å². The van der Waals surface area contributed by atoms with Crippen LogP contribution in [0, 0.1) is 0 Å². The lowest BCUT2D eigenvalue weighted by atomic mass is 10.0. The van der Waals surface area contributed by atoms with Gasteiger partial charge < -0.3 is 11.5 Å². The fourth-order valence-electron chi connectivity index (χ4n) is 1.98. The Morgan fingerprint density at radius 3 is 2.68 bits per heavy atom. The lowest BCUT2D eigenvalue weighted by Crippen LogP contribution is -1.94. The fourth-order valence-corrected chi connectivity index (χ4v) is 2.21. The summed E-state index contributed by atoms with van der Waals surface area (Å²) in [4.78, 5) is 8.15. The third-order valence-corrected chi connectivity index (χ3v) is 3.23. The van der Waals surface area contributed by atoms with Gasteiger partial charge in [0.25, 0.3) is 0 Å². The van der Waals surface area contributed by atoms with Crippen LogP contribution in [0.2, 0.25) is 5.02 Å². The summed E-state index contributed by atoms with van der Waals surface area (Å²) in [6, 6.07) is 11.2. The van der Waals surface area contributed by atoms with Crippen molar-refractivity contribution in [1.29, 1.82) is 0 Å². The summed E-state index contributed by atoms with van der Waals surface area (Å²) in [5.41, 5.74) is 14.7. The van der Waals surface area contributed by atoms with Crippen LogP contribution in [0.15, 0.2) is 42.6 Å². The molecule has 5 heteroatoms. The zero-order valence-corrected chi connectivity index (χ0v) is 10.7. The van der Waals surface area contributed by atoms with E-state index in [1.54, 1.807) is 18.3 Å². The maximum atomic E-state index is 6.20. The average Bonchev–Trinajstić information content (AvgIpc) is 2.41. The Balaban J connectivity index is 2.20. The largest absolute Gasteiger partial charge is 0.399 e. The number of fused-ring (bicyclic) bond motifs is 1. The van der Waals surface area contributed by atoms with Gasteiger partial charge in [0.05, 0.1) is 5.52 Å². The van der Waals surface area contributed by atoms with Crippen molar-refractivity contribution in [2.75, 3.05) is 11.5 Å². The summed E-state index contributed by atoms with van der Waals surface area (Å²) in [5.74, 6) is 0.266. The first-order valence-corrected chi connectivity index (χ1v) is 6.09. The number of hydrogen-bond donors (Lipinski definition) is 2. The summed E-state index contributed by atoms with van der Waals surface area (Å²) in [7, 11) is 0. The first kappa shape index (κ1) is 11.7. The van der Waals surface area contributed by atoms with E-state index >= 15 is 0 Å². The molecular formula is C14H11ClN4. The molecule has 0 radical (unpaired) electrons. The highest BCUT2D eigenvalue weighted by atomic mass is 35.5. The highest BCUT2D eigenvalue weighted by Crippen LogP contribution is 2.31. The summed E-state index contributed by atoms with van der Waals surface area (Å²) in [5, 5.41) is 1.56. The molecule has 0 aliphatic rings. The molecule has 0 aliphatic heterocycles. The first-order valence-electron chi connectivity index (χ1n) is 5.71. The lowest BCUT2D eigenvalue weighted by molar-refractivity contribution is 1.24. The number of benzene rings is 2. The predicted octanol–water partition coefficient (Wildman–Crippen LogP) is 3.11. The number of anilines is 2. The highest BCUT2D eigenvalue weighted by molar-refractivity contribution is 6.33. The summed E-state index contributed by atoms with van der Waals surface area (Å²) in [6.07, 6.45) is 1.70. The van der Waals surface area contributed by atoms with E-state index in [1.165, 1.54) is 0 Å². The summed E-state index contributed by atoms with van der Waals surface area (Å²) in [6.45, 7) is 0. The van der Waals surface area contributed by atoms with Gasteiger partial charge in [0.15, 0.2) is 0 Å². The summed E-state index contributed by atoms with van der Waals surface area (Å²) < 4.78 is 0. The Labute approximate surface area is 115 Å². The molecule has 1 heterocycles. The van der Waals surface area contributed by atoms with Crippen LogP contribution in [0.1, 0.15) is 0 Å². The highest BCUT2D eigenvalue weighted by Gasteiger charge is 2.06. The van der Waals surface area contributed by atoms with Crippen molar-refractivity contribution in [1.82, 2.24) is 9.97 Å². The minimum absolute atomic E-state index is 0.266. The van der Waals surface area contributed by atoms with Crippen molar-refractivity contribution in [2.45, 2.75) is 0 Å². The van der Waals surface area contributed by atoms with E-state index in [2.05, 4.69) is 9.97 Å². The van der Waals surface area contributed by atoms with Crippen LogP contribution in [0.4, 0.5) is 11.6 Å². The second kappa shape index (κ2) is 4.40. The minimum atomic E-state index is 0.266. The van der Waals surface area contributed by atoms with Crippen LogP contribution < -0.4 is 11.5 Å². The smallest absolute Gasteiger partial charge is 0.220 e. The maximum absolute atomic E-state index is 6.20. The van der Waals surface area contributed by atoms with Crippen LogP contribution in [-0.2, 0) is 0 Å². The monoisotopic (exact) mass is 270 g/mol. The number of nitrogens with zero attached hydrogens (tertiary/aromatic N) is 2. The number of hydrogen-bond acceptors (Lipinski definition) is 4. The Bertz CT molecular complexity index is 770. The van der Waals surface area contributed by atoms with Gasteiger partial charge >= 0.3 is 0 Å². The number of halogens is 1. The maximum Gasteiger partial charge on any atom is 0.220 e. The van der Waals surface area contributed by atoms with E-state index in [9.17, 15) is 0 Å².